The molecule has 1 amide bonds. The Labute approximate surface area is 162 Å². The predicted octanol–water partition coefficient (Wildman–Crippen LogP) is 5.14. The first-order chi connectivity index (χ1) is 13.4. The quantitative estimate of drug-likeness (QED) is 0.717. The lowest BCUT2D eigenvalue weighted by Gasteiger charge is -2.28. The second kappa shape index (κ2) is 8.99. The van der Waals surface area contributed by atoms with Gasteiger partial charge in [-0.05, 0) is 55.7 Å². The van der Waals surface area contributed by atoms with Gasteiger partial charge in [-0.2, -0.15) is 13.2 Å². The molecular weight excluding hydrogens is 367 g/mol. The number of rotatable bonds is 6. The van der Waals surface area contributed by atoms with Gasteiger partial charge in [0.2, 0.25) is 5.91 Å². The number of nitrogens with one attached hydrogen (secondary N) is 2. The summed E-state index contributed by atoms with van der Waals surface area (Å²) in [5, 5.41) is 5.48. The molecule has 0 spiro atoms. The molecule has 0 atom stereocenters. The average Bonchev–Trinajstić information content (AvgIpc) is 2.69. The number of hydrogen-bond acceptors (Lipinski definition) is 3. The van der Waals surface area contributed by atoms with E-state index >= 15 is 0 Å². The average molecular weight is 391 g/mol. The van der Waals surface area contributed by atoms with E-state index in [4.69, 9.17) is 0 Å². The number of nitrogens with zero attached hydrogens (tertiary/aromatic N) is 1. The number of carbonyl (C=O) groups is 1. The van der Waals surface area contributed by atoms with Crippen LogP contribution in [0.25, 0.3) is 0 Å². The molecule has 1 aliphatic rings. The Kier molecular flexibility index (Phi) is 6.44. The first-order valence-electron chi connectivity index (χ1n) is 9.48. The highest BCUT2D eigenvalue weighted by Crippen LogP contribution is 2.34. The Morgan fingerprint density at radius 2 is 1.64 bits per heavy atom. The van der Waals surface area contributed by atoms with Crippen molar-refractivity contribution in [2.45, 2.75) is 31.9 Å². The smallest absolute Gasteiger partial charge is 0.384 e. The molecule has 7 heteroatoms. The van der Waals surface area contributed by atoms with Crippen molar-refractivity contribution in [1.82, 2.24) is 0 Å². The normalized spacial score (nSPS) is 14.6. The molecule has 2 aromatic carbocycles. The molecule has 150 valence electrons. The molecule has 0 unspecified atom stereocenters. The van der Waals surface area contributed by atoms with Crippen molar-refractivity contribution in [2.75, 3.05) is 35.2 Å². The summed E-state index contributed by atoms with van der Waals surface area (Å²) in [5.41, 5.74) is 1.07. The SMILES string of the molecule is O=C(CCNc1ccccc1C(F)(F)F)Nc1ccc(N2CCCCC2)cc1. The number of amides is 1. The summed E-state index contributed by atoms with van der Waals surface area (Å²) >= 11 is 0. The van der Waals surface area contributed by atoms with Crippen LogP contribution in [0.4, 0.5) is 30.2 Å². The van der Waals surface area contributed by atoms with Crippen LogP contribution in [0.15, 0.2) is 48.5 Å². The Balaban J connectivity index is 1.48. The van der Waals surface area contributed by atoms with Gasteiger partial charge in [-0.25, -0.2) is 0 Å². The molecule has 1 heterocycles. The van der Waals surface area contributed by atoms with Crippen LogP contribution in [-0.4, -0.2) is 25.5 Å². The number of benzene rings is 2. The molecule has 2 aromatic rings. The zero-order chi connectivity index (χ0) is 20.0. The van der Waals surface area contributed by atoms with Gasteiger partial charge in [-0.1, -0.05) is 12.1 Å². The van der Waals surface area contributed by atoms with Gasteiger partial charge in [0.15, 0.2) is 0 Å². The number of carbonyl (C=O) groups excluding carboxylic acids is 1. The largest absolute Gasteiger partial charge is 0.418 e. The Morgan fingerprint density at radius 3 is 2.32 bits per heavy atom. The van der Waals surface area contributed by atoms with Crippen LogP contribution < -0.4 is 15.5 Å². The van der Waals surface area contributed by atoms with Crippen molar-refractivity contribution >= 4 is 23.0 Å². The van der Waals surface area contributed by atoms with E-state index in [0.717, 1.165) is 24.8 Å². The van der Waals surface area contributed by atoms with Crippen molar-refractivity contribution < 1.29 is 18.0 Å². The van der Waals surface area contributed by atoms with E-state index in [9.17, 15) is 18.0 Å². The van der Waals surface area contributed by atoms with Gasteiger partial charge in [0.05, 0.1) is 5.56 Å². The van der Waals surface area contributed by atoms with Crippen LogP contribution >= 0.6 is 0 Å². The summed E-state index contributed by atoms with van der Waals surface area (Å²) in [4.78, 5) is 14.4. The third-order valence-electron chi connectivity index (χ3n) is 4.77. The van der Waals surface area contributed by atoms with E-state index < -0.39 is 11.7 Å². The second-order valence-corrected chi connectivity index (χ2v) is 6.86. The van der Waals surface area contributed by atoms with Crippen LogP contribution in [0.5, 0.6) is 0 Å². The van der Waals surface area contributed by atoms with Gasteiger partial charge in [-0.15, -0.1) is 0 Å². The zero-order valence-corrected chi connectivity index (χ0v) is 15.6. The molecule has 1 aliphatic heterocycles. The highest BCUT2D eigenvalue weighted by molar-refractivity contribution is 5.91. The minimum Gasteiger partial charge on any atom is -0.384 e. The fourth-order valence-corrected chi connectivity index (χ4v) is 3.33. The lowest BCUT2D eigenvalue weighted by atomic mass is 10.1. The molecule has 1 fully saturated rings. The number of anilines is 3. The Morgan fingerprint density at radius 1 is 0.964 bits per heavy atom. The molecule has 2 N–H and O–H groups in total. The van der Waals surface area contributed by atoms with Crippen molar-refractivity contribution in [3.05, 3.63) is 54.1 Å². The van der Waals surface area contributed by atoms with Crippen LogP contribution in [0.2, 0.25) is 0 Å². The van der Waals surface area contributed by atoms with Gasteiger partial charge in [0, 0.05) is 43.1 Å². The third-order valence-corrected chi connectivity index (χ3v) is 4.77. The summed E-state index contributed by atoms with van der Waals surface area (Å²) in [6, 6.07) is 12.9. The molecule has 28 heavy (non-hydrogen) atoms. The van der Waals surface area contributed by atoms with E-state index in [1.165, 1.54) is 37.5 Å². The van der Waals surface area contributed by atoms with Gasteiger partial charge in [0.25, 0.3) is 0 Å². The predicted molar refractivity (Wildman–Crippen MR) is 106 cm³/mol. The van der Waals surface area contributed by atoms with E-state index in [1.54, 1.807) is 0 Å². The summed E-state index contributed by atoms with van der Waals surface area (Å²) in [6.07, 6.45) is -0.694. The van der Waals surface area contributed by atoms with E-state index in [-0.39, 0.29) is 24.6 Å². The minimum absolute atomic E-state index is 0.0197. The lowest BCUT2D eigenvalue weighted by Crippen LogP contribution is -2.29. The monoisotopic (exact) mass is 391 g/mol. The van der Waals surface area contributed by atoms with Gasteiger partial charge in [-0.3, -0.25) is 4.79 Å². The van der Waals surface area contributed by atoms with E-state index in [0.29, 0.717) is 5.69 Å². The van der Waals surface area contributed by atoms with Crippen molar-refractivity contribution in [1.29, 1.82) is 0 Å². The number of para-hydroxylation sites is 1. The zero-order valence-electron chi connectivity index (χ0n) is 15.6. The van der Waals surface area contributed by atoms with Gasteiger partial charge in [0.1, 0.15) is 0 Å². The standard InChI is InChI=1S/C21H24F3N3O/c22-21(23,24)18-6-2-3-7-19(18)25-13-12-20(28)26-16-8-10-17(11-9-16)27-14-4-1-5-15-27/h2-3,6-11,25H,1,4-5,12-15H2,(H,26,28). The second-order valence-electron chi connectivity index (χ2n) is 6.86. The van der Waals surface area contributed by atoms with Gasteiger partial charge >= 0.3 is 6.18 Å². The summed E-state index contributed by atoms with van der Waals surface area (Å²) in [6.45, 7) is 2.22. The molecule has 0 aliphatic carbocycles. The molecular formula is C21H24F3N3O. The summed E-state index contributed by atoms with van der Waals surface area (Å²) in [5.74, 6) is -0.247. The minimum atomic E-state index is -4.43. The number of piperidine rings is 1. The van der Waals surface area contributed by atoms with Crippen molar-refractivity contribution in [3.8, 4) is 0 Å². The maximum absolute atomic E-state index is 13.0. The maximum Gasteiger partial charge on any atom is 0.418 e. The first kappa shape index (κ1) is 20.0. The van der Waals surface area contributed by atoms with Crippen LogP contribution in [0, 0.1) is 0 Å². The van der Waals surface area contributed by atoms with Crippen LogP contribution in [0.3, 0.4) is 0 Å². The molecule has 1 saturated heterocycles. The van der Waals surface area contributed by atoms with Crippen molar-refractivity contribution in [3.63, 3.8) is 0 Å². The van der Waals surface area contributed by atoms with Gasteiger partial charge < -0.3 is 15.5 Å². The highest BCUT2D eigenvalue weighted by Gasteiger charge is 2.33. The Hall–Kier alpha value is -2.70. The number of halogens is 3. The summed E-state index contributed by atoms with van der Waals surface area (Å²) in [7, 11) is 0. The number of alkyl halides is 3. The third kappa shape index (κ3) is 5.41. The van der Waals surface area contributed by atoms with Crippen LogP contribution in [-0.2, 0) is 11.0 Å². The van der Waals surface area contributed by atoms with Crippen molar-refractivity contribution in [2.24, 2.45) is 0 Å². The van der Waals surface area contributed by atoms with E-state index in [2.05, 4.69) is 15.5 Å². The molecule has 0 bridgehead atoms. The topological polar surface area (TPSA) is 44.4 Å². The molecule has 0 aromatic heterocycles. The highest BCUT2D eigenvalue weighted by atomic mass is 19.4. The lowest BCUT2D eigenvalue weighted by molar-refractivity contribution is -0.137. The Bertz CT molecular complexity index is 784. The molecule has 0 saturated carbocycles. The first-order valence-corrected chi connectivity index (χ1v) is 9.48. The fraction of sp³-hybridized carbons (Fsp3) is 0.381. The summed E-state index contributed by atoms with van der Waals surface area (Å²) < 4.78 is 38.9. The van der Waals surface area contributed by atoms with Crippen LogP contribution in [0.1, 0.15) is 31.2 Å². The molecule has 4 nitrogen and oxygen atoms in total. The van der Waals surface area contributed by atoms with E-state index in [1.807, 2.05) is 24.3 Å². The maximum atomic E-state index is 13.0. The fourth-order valence-electron chi connectivity index (χ4n) is 3.33. The molecule has 0 radical (unpaired) electrons. The molecule has 3 rings (SSSR count). The number of hydrogen-bond donors (Lipinski definition) is 2.